The van der Waals surface area contributed by atoms with Gasteiger partial charge in [0.15, 0.2) is 0 Å². The Kier molecular flexibility index (Phi) is 5.43. The van der Waals surface area contributed by atoms with Crippen LogP contribution in [0, 0.1) is 0 Å². The van der Waals surface area contributed by atoms with E-state index in [1.165, 1.54) is 10.9 Å². The molecule has 6 heteroatoms. The number of thiol groups is 1. The molecule has 0 N–H and O–H groups in total. The van der Waals surface area contributed by atoms with Crippen molar-refractivity contribution >= 4 is 36.1 Å². The summed E-state index contributed by atoms with van der Waals surface area (Å²) >= 11 is 4.64. The lowest BCUT2D eigenvalue weighted by atomic mass is 9.80. The minimum absolute atomic E-state index is 0.161. The van der Waals surface area contributed by atoms with Crippen molar-refractivity contribution in [1.82, 2.24) is 9.55 Å². The zero-order chi connectivity index (χ0) is 23.4. The van der Waals surface area contributed by atoms with Crippen molar-refractivity contribution in [2.24, 2.45) is 0 Å². The van der Waals surface area contributed by atoms with Crippen LogP contribution in [0.5, 0.6) is 0 Å². The van der Waals surface area contributed by atoms with Crippen LogP contribution < -0.4 is 5.46 Å². The van der Waals surface area contributed by atoms with Gasteiger partial charge in [-0.15, -0.1) is 0 Å². The molecule has 5 rings (SSSR count). The number of fused-ring (bicyclic) bond motifs is 1. The Balaban J connectivity index is 1.59. The average Bonchev–Trinajstić information content (AvgIpc) is 3.27. The molecule has 1 atom stereocenters. The van der Waals surface area contributed by atoms with Crippen molar-refractivity contribution in [3.8, 4) is 17.1 Å². The lowest BCUT2D eigenvalue weighted by molar-refractivity contribution is 0.00578. The molecular formula is C27H29BN2O2S. The van der Waals surface area contributed by atoms with E-state index in [0.717, 1.165) is 28.1 Å². The minimum atomic E-state index is -0.420. The molecule has 0 saturated carbocycles. The van der Waals surface area contributed by atoms with Gasteiger partial charge in [-0.05, 0) is 70.5 Å². The molecule has 0 spiro atoms. The summed E-state index contributed by atoms with van der Waals surface area (Å²) in [5.41, 5.74) is 5.55. The lowest BCUT2D eigenvalue weighted by Gasteiger charge is -2.32. The SMILES string of the molecule is CC(S)c1ccc2cc(-c3ccc(B4OC(C)(C)C(C)(C)O4)cn3)n(-c3ccccc3)c2c1. The summed E-state index contributed by atoms with van der Waals surface area (Å²) in [6.07, 6.45) is 1.87. The second kappa shape index (κ2) is 8.05. The number of benzene rings is 2. The number of hydrogen-bond acceptors (Lipinski definition) is 4. The van der Waals surface area contributed by atoms with Crippen LogP contribution in [0.2, 0.25) is 0 Å². The smallest absolute Gasteiger partial charge is 0.399 e. The van der Waals surface area contributed by atoms with Crippen molar-refractivity contribution in [3.63, 3.8) is 0 Å². The summed E-state index contributed by atoms with van der Waals surface area (Å²) in [7, 11) is -0.420. The highest BCUT2D eigenvalue weighted by Crippen LogP contribution is 2.37. The predicted octanol–water partition coefficient (Wildman–Crippen LogP) is 5.98. The Bertz CT molecular complexity index is 1280. The molecule has 1 aliphatic rings. The van der Waals surface area contributed by atoms with Crippen molar-refractivity contribution in [2.45, 2.75) is 51.1 Å². The fraction of sp³-hybridized carbons (Fsp3) is 0.296. The largest absolute Gasteiger partial charge is 0.496 e. The van der Waals surface area contributed by atoms with Crippen LogP contribution in [-0.4, -0.2) is 27.9 Å². The number of aromatic nitrogens is 2. The summed E-state index contributed by atoms with van der Waals surface area (Å²) in [5, 5.41) is 1.33. The maximum Gasteiger partial charge on any atom is 0.496 e. The molecule has 1 saturated heterocycles. The first-order chi connectivity index (χ1) is 15.7. The summed E-state index contributed by atoms with van der Waals surface area (Å²) < 4.78 is 14.7. The van der Waals surface area contributed by atoms with E-state index in [1.807, 2.05) is 12.3 Å². The van der Waals surface area contributed by atoms with Gasteiger partial charge in [-0.3, -0.25) is 4.98 Å². The van der Waals surface area contributed by atoms with Crippen LogP contribution in [-0.2, 0) is 9.31 Å². The molecule has 0 bridgehead atoms. The van der Waals surface area contributed by atoms with Gasteiger partial charge in [-0.2, -0.15) is 12.6 Å². The molecule has 1 aliphatic heterocycles. The fourth-order valence-corrected chi connectivity index (χ4v) is 4.36. The molecule has 4 nitrogen and oxygen atoms in total. The van der Waals surface area contributed by atoms with Crippen LogP contribution in [0.15, 0.2) is 72.9 Å². The standard InChI is InChI=1S/C27H29BN2O2S/c1-18(33)19-11-12-20-16-25(30(24(20)15-19)22-9-7-6-8-10-22)23-14-13-21(17-29-23)28-31-26(2,3)27(4,5)32-28/h6-18,33H,1-5H3. The summed E-state index contributed by atoms with van der Waals surface area (Å²) in [5.74, 6) is 0. The molecule has 168 valence electrons. The highest BCUT2D eigenvalue weighted by atomic mass is 32.1. The molecule has 1 unspecified atom stereocenters. The van der Waals surface area contributed by atoms with Gasteiger partial charge < -0.3 is 13.9 Å². The maximum atomic E-state index is 6.20. The van der Waals surface area contributed by atoms with E-state index in [2.05, 4.69) is 112 Å². The molecule has 0 aliphatic carbocycles. The average molecular weight is 456 g/mol. The van der Waals surface area contributed by atoms with Crippen molar-refractivity contribution in [1.29, 1.82) is 0 Å². The van der Waals surface area contributed by atoms with Crippen LogP contribution in [0.1, 0.15) is 45.4 Å². The molecule has 2 aromatic heterocycles. The van der Waals surface area contributed by atoms with Gasteiger partial charge in [0, 0.05) is 28.0 Å². The molecule has 4 aromatic rings. The van der Waals surface area contributed by atoms with Gasteiger partial charge in [0.2, 0.25) is 0 Å². The topological polar surface area (TPSA) is 36.3 Å². The Labute approximate surface area is 201 Å². The van der Waals surface area contributed by atoms with Gasteiger partial charge in [0.05, 0.1) is 28.1 Å². The normalized spacial score (nSPS) is 18.1. The van der Waals surface area contributed by atoms with Crippen LogP contribution in [0.4, 0.5) is 0 Å². The van der Waals surface area contributed by atoms with E-state index in [0.29, 0.717) is 0 Å². The molecule has 0 amide bonds. The maximum absolute atomic E-state index is 6.20. The highest BCUT2D eigenvalue weighted by Gasteiger charge is 2.51. The summed E-state index contributed by atoms with van der Waals surface area (Å²) in [4.78, 5) is 4.83. The zero-order valence-corrected chi connectivity index (χ0v) is 20.6. The third-order valence-electron chi connectivity index (χ3n) is 6.90. The van der Waals surface area contributed by atoms with Gasteiger partial charge in [0.25, 0.3) is 0 Å². The Morgan fingerprint density at radius 3 is 2.21 bits per heavy atom. The first-order valence-electron chi connectivity index (χ1n) is 11.4. The van der Waals surface area contributed by atoms with E-state index in [4.69, 9.17) is 14.3 Å². The third-order valence-corrected chi connectivity index (χ3v) is 7.20. The van der Waals surface area contributed by atoms with Crippen LogP contribution in [0.25, 0.3) is 28.0 Å². The van der Waals surface area contributed by atoms with Gasteiger partial charge >= 0.3 is 7.12 Å². The second-order valence-electron chi connectivity index (χ2n) is 9.76. The van der Waals surface area contributed by atoms with Gasteiger partial charge in [-0.25, -0.2) is 0 Å². The van der Waals surface area contributed by atoms with Crippen molar-refractivity contribution < 1.29 is 9.31 Å². The van der Waals surface area contributed by atoms with Gasteiger partial charge in [0.1, 0.15) is 0 Å². The van der Waals surface area contributed by atoms with Crippen molar-refractivity contribution in [3.05, 3.63) is 78.5 Å². The first kappa shape index (κ1) is 22.3. The van der Waals surface area contributed by atoms with E-state index in [1.54, 1.807) is 0 Å². The predicted molar refractivity (Wildman–Crippen MR) is 140 cm³/mol. The second-order valence-corrected chi connectivity index (χ2v) is 10.5. The number of rotatable bonds is 4. The number of pyridine rings is 1. The van der Waals surface area contributed by atoms with Crippen LogP contribution in [0.3, 0.4) is 0 Å². The molecule has 3 heterocycles. The molecule has 2 aromatic carbocycles. The van der Waals surface area contributed by atoms with E-state index in [-0.39, 0.29) is 16.5 Å². The Morgan fingerprint density at radius 1 is 0.909 bits per heavy atom. The van der Waals surface area contributed by atoms with Crippen molar-refractivity contribution in [2.75, 3.05) is 0 Å². The van der Waals surface area contributed by atoms with E-state index < -0.39 is 7.12 Å². The number of hydrogen-bond donors (Lipinski definition) is 1. The Hall–Kier alpha value is -2.54. The van der Waals surface area contributed by atoms with Crippen LogP contribution >= 0.6 is 12.6 Å². The molecule has 33 heavy (non-hydrogen) atoms. The number of para-hydroxylation sites is 1. The highest BCUT2D eigenvalue weighted by molar-refractivity contribution is 7.80. The monoisotopic (exact) mass is 456 g/mol. The molecule has 0 radical (unpaired) electrons. The first-order valence-corrected chi connectivity index (χ1v) is 11.9. The summed E-state index contributed by atoms with van der Waals surface area (Å²) in [6, 6.07) is 23.2. The third kappa shape index (κ3) is 3.90. The summed E-state index contributed by atoms with van der Waals surface area (Å²) in [6.45, 7) is 10.3. The fourth-order valence-electron chi connectivity index (χ4n) is 4.20. The minimum Gasteiger partial charge on any atom is -0.399 e. The van der Waals surface area contributed by atoms with E-state index >= 15 is 0 Å². The van der Waals surface area contributed by atoms with Gasteiger partial charge in [-0.1, -0.05) is 36.4 Å². The zero-order valence-electron chi connectivity index (χ0n) is 19.7. The number of nitrogens with zero attached hydrogens (tertiary/aromatic N) is 2. The molecule has 1 fully saturated rings. The molecular weight excluding hydrogens is 427 g/mol. The quantitative estimate of drug-likeness (QED) is 0.303. The lowest BCUT2D eigenvalue weighted by Crippen LogP contribution is -2.41. The Morgan fingerprint density at radius 2 is 1.61 bits per heavy atom. The van der Waals surface area contributed by atoms with E-state index in [9.17, 15) is 0 Å².